The minimum atomic E-state index is -0.221. The van der Waals surface area contributed by atoms with Crippen LogP contribution in [0.2, 0.25) is 0 Å². The number of halogens is 1. The van der Waals surface area contributed by atoms with E-state index in [2.05, 4.69) is 23.6 Å². The third-order valence-electron chi connectivity index (χ3n) is 2.16. The van der Waals surface area contributed by atoms with Gasteiger partial charge in [0, 0.05) is 19.6 Å². The van der Waals surface area contributed by atoms with Crippen molar-refractivity contribution < 1.29 is 4.39 Å². The molecule has 1 fully saturated rings. The Morgan fingerprint density at radius 1 is 1.23 bits per heavy atom. The van der Waals surface area contributed by atoms with Gasteiger partial charge in [-0.05, 0) is 14.1 Å². The largest absolute Gasteiger partial charge is 0.303 e. The molecule has 1 aliphatic rings. The SMILES string of the molecule is CCC.CN1CCN(C)C(CF)C1. The molecule has 2 nitrogen and oxygen atoms in total. The van der Waals surface area contributed by atoms with Gasteiger partial charge in [0.1, 0.15) is 6.67 Å². The number of rotatable bonds is 1. The van der Waals surface area contributed by atoms with Crippen LogP contribution in [0.25, 0.3) is 0 Å². The summed E-state index contributed by atoms with van der Waals surface area (Å²) >= 11 is 0. The molecule has 1 unspecified atom stereocenters. The Balaban J connectivity index is 0.000000424. The van der Waals surface area contributed by atoms with Crippen LogP contribution in [-0.2, 0) is 0 Å². The van der Waals surface area contributed by atoms with Gasteiger partial charge < -0.3 is 4.90 Å². The van der Waals surface area contributed by atoms with Gasteiger partial charge in [-0.25, -0.2) is 4.39 Å². The van der Waals surface area contributed by atoms with Crippen LogP contribution in [0.4, 0.5) is 4.39 Å². The van der Waals surface area contributed by atoms with Crippen molar-refractivity contribution in [3.05, 3.63) is 0 Å². The summed E-state index contributed by atoms with van der Waals surface area (Å²) in [5.41, 5.74) is 0. The average molecular weight is 190 g/mol. The van der Waals surface area contributed by atoms with Crippen molar-refractivity contribution in [3.63, 3.8) is 0 Å². The topological polar surface area (TPSA) is 6.48 Å². The Bertz CT molecular complexity index is 119. The minimum Gasteiger partial charge on any atom is -0.303 e. The summed E-state index contributed by atoms with van der Waals surface area (Å²) in [5.74, 6) is 0. The first-order chi connectivity index (χ1) is 6.15. The highest BCUT2D eigenvalue weighted by atomic mass is 19.1. The minimum absolute atomic E-state index is 0.124. The number of hydrogen-bond acceptors (Lipinski definition) is 2. The van der Waals surface area contributed by atoms with Gasteiger partial charge >= 0.3 is 0 Å². The fourth-order valence-corrected chi connectivity index (χ4v) is 1.27. The summed E-state index contributed by atoms with van der Waals surface area (Å²) < 4.78 is 12.2. The predicted octanol–water partition coefficient (Wildman–Crippen LogP) is 1.62. The second-order valence-electron chi connectivity index (χ2n) is 3.76. The van der Waals surface area contributed by atoms with Gasteiger partial charge in [-0.2, -0.15) is 0 Å². The van der Waals surface area contributed by atoms with E-state index in [1.54, 1.807) is 0 Å². The summed E-state index contributed by atoms with van der Waals surface area (Å²) in [6.45, 7) is 6.95. The lowest BCUT2D eigenvalue weighted by molar-refractivity contribution is 0.0963. The molecule has 0 bridgehead atoms. The van der Waals surface area contributed by atoms with Gasteiger partial charge in [0.15, 0.2) is 0 Å². The quantitative estimate of drug-likeness (QED) is 0.620. The molecule has 0 saturated carbocycles. The number of nitrogens with zero attached hydrogens (tertiary/aromatic N) is 2. The van der Waals surface area contributed by atoms with Crippen molar-refractivity contribution in [1.29, 1.82) is 0 Å². The van der Waals surface area contributed by atoms with E-state index < -0.39 is 0 Å². The summed E-state index contributed by atoms with van der Waals surface area (Å²) in [4.78, 5) is 4.25. The monoisotopic (exact) mass is 190 g/mol. The highest BCUT2D eigenvalue weighted by Crippen LogP contribution is 2.05. The molecule has 0 aliphatic carbocycles. The normalized spacial score (nSPS) is 25.2. The fraction of sp³-hybridized carbons (Fsp3) is 1.00. The molecular weight excluding hydrogens is 167 g/mol. The molecule has 1 heterocycles. The lowest BCUT2D eigenvalue weighted by Gasteiger charge is -2.35. The second kappa shape index (κ2) is 7.27. The number of hydrogen-bond donors (Lipinski definition) is 0. The number of piperazine rings is 1. The third kappa shape index (κ3) is 5.21. The molecule has 13 heavy (non-hydrogen) atoms. The molecule has 0 N–H and O–H groups in total. The van der Waals surface area contributed by atoms with Gasteiger partial charge in [0.2, 0.25) is 0 Å². The lowest BCUT2D eigenvalue weighted by atomic mass is 10.2. The zero-order chi connectivity index (χ0) is 10.3. The van der Waals surface area contributed by atoms with Crippen molar-refractivity contribution in [1.82, 2.24) is 9.80 Å². The van der Waals surface area contributed by atoms with Gasteiger partial charge in [0.05, 0.1) is 6.04 Å². The van der Waals surface area contributed by atoms with E-state index >= 15 is 0 Å². The Labute approximate surface area is 81.7 Å². The van der Waals surface area contributed by atoms with Crippen LogP contribution in [0.15, 0.2) is 0 Å². The highest BCUT2D eigenvalue weighted by Gasteiger charge is 2.21. The lowest BCUT2D eigenvalue weighted by Crippen LogP contribution is -2.50. The maximum Gasteiger partial charge on any atom is 0.106 e. The first-order valence-electron chi connectivity index (χ1n) is 5.10. The molecule has 1 rings (SSSR count). The molecule has 3 heteroatoms. The van der Waals surface area contributed by atoms with Crippen molar-refractivity contribution in [3.8, 4) is 0 Å². The van der Waals surface area contributed by atoms with Gasteiger partial charge in [0.25, 0.3) is 0 Å². The first kappa shape index (κ1) is 12.8. The van der Waals surface area contributed by atoms with E-state index in [0.717, 1.165) is 19.6 Å². The molecule has 80 valence electrons. The standard InChI is InChI=1S/C7H15FN2.C3H8/c1-9-3-4-10(2)7(5-8)6-9;1-3-2/h7H,3-6H2,1-2H3;3H2,1-2H3. The van der Waals surface area contributed by atoms with Crippen molar-refractivity contribution in [2.24, 2.45) is 0 Å². The van der Waals surface area contributed by atoms with E-state index in [9.17, 15) is 4.39 Å². The van der Waals surface area contributed by atoms with E-state index in [4.69, 9.17) is 0 Å². The Morgan fingerprint density at radius 2 is 1.77 bits per heavy atom. The van der Waals surface area contributed by atoms with E-state index in [1.165, 1.54) is 6.42 Å². The Kier molecular flexibility index (Phi) is 7.19. The molecule has 0 amide bonds. The molecule has 0 spiro atoms. The predicted molar refractivity (Wildman–Crippen MR) is 55.9 cm³/mol. The number of likely N-dealkylation sites (N-methyl/N-ethyl adjacent to an activating group) is 2. The summed E-state index contributed by atoms with van der Waals surface area (Å²) in [6, 6.07) is 0.124. The molecule has 0 radical (unpaired) electrons. The van der Waals surface area contributed by atoms with Crippen LogP contribution in [0.3, 0.4) is 0 Å². The maximum absolute atomic E-state index is 12.2. The van der Waals surface area contributed by atoms with Crippen molar-refractivity contribution in [2.75, 3.05) is 40.4 Å². The molecular formula is C10H23FN2. The molecule has 1 saturated heterocycles. The van der Waals surface area contributed by atoms with E-state index in [1.807, 2.05) is 14.1 Å². The van der Waals surface area contributed by atoms with Crippen molar-refractivity contribution >= 4 is 0 Å². The van der Waals surface area contributed by atoms with Crippen LogP contribution in [0.5, 0.6) is 0 Å². The van der Waals surface area contributed by atoms with E-state index in [0.29, 0.717) is 0 Å². The van der Waals surface area contributed by atoms with Crippen LogP contribution in [0, 0.1) is 0 Å². The molecule has 0 aromatic carbocycles. The van der Waals surface area contributed by atoms with Crippen LogP contribution in [0.1, 0.15) is 20.3 Å². The smallest absolute Gasteiger partial charge is 0.106 e. The molecule has 0 aromatic rings. The zero-order valence-electron chi connectivity index (χ0n) is 9.39. The summed E-state index contributed by atoms with van der Waals surface area (Å²) in [7, 11) is 4.02. The van der Waals surface area contributed by atoms with Crippen molar-refractivity contribution in [2.45, 2.75) is 26.3 Å². The number of alkyl halides is 1. The van der Waals surface area contributed by atoms with Gasteiger partial charge in [-0.1, -0.05) is 20.3 Å². The fourth-order valence-electron chi connectivity index (χ4n) is 1.27. The first-order valence-corrected chi connectivity index (χ1v) is 5.10. The van der Waals surface area contributed by atoms with Crippen LogP contribution in [-0.4, -0.2) is 56.2 Å². The Morgan fingerprint density at radius 3 is 2.15 bits per heavy atom. The van der Waals surface area contributed by atoms with Gasteiger partial charge in [-0.15, -0.1) is 0 Å². The van der Waals surface area contributed by atoms with Crippen LogP contribution < -0.4 is 0 Å². The Hall–Kier alpha value is -0.150. The average Bonchev–Trinajstić information content (AvgIpc) is 2.10. The second-order valence-corrected chi connectivity index (χ2v) is 3.76. The van der Waals surface area contributed by atoms with Crippen LogP contribution >= 0.6 is 0 Å². The summed E-state index contributed by atoms with van der Waals surface area (Å²) in [6.07, 6.45) is 1.25. The summed E-state index contributed by atoms with van der Waals surface area (Å²) in [5, 5.41) is 0. The zero-order valence-corrected chi connectivity index (χ0v) is 9.39. The van der Waals surface area contributed by atoms with Gasteiger partial charge in [-0.3, -0.25) is 4.90 Å². The molecule has 1 atom stereocenters. The van der Waals surface area contributed by atoms with E-state index in [-0.39, 0.29) is 12.7 Å². The molecule has 0 aromatic heterocycles. The molecule has 1 aliphatic heterocycles. The maximum atomic E-state index is 12.2. The highest BCUT2D eigenvalue weighted by molar-refractivity contribution is 4.77. The third-order valence-corrected chi connectivity index (χ3v) is 2.16.